The van der Waals surface area contributed by atoms with Crippen LogP contribution in [0.15, 0.2) is 15.9 Å². The Balaban J connectivity index is 2.21. The standard InChI is InChI=1S/C11H12BrNO2S/c1-11(2)5-9(14)13(10(11)15)6-8-7(12)3-4-16-8/h3-4H,5-6H2,1-2H3. The fourth-order valence-electron chi connectivity index (χ4n) is 1.77. The molecule has 0 aromatic carbocycles. The van der Waals surface area contributed by atoms with Gasteiger partial charge >= 0.3 is 0 Å². The van der Waals surface area contributed by atoms with Crippen molar-refractivity contribution in [2.24, 2.45) is 5.41 Å². The van der Waals surface area contributed by atoms with Crippen molar-refractivity contribution in [2.45, 2.75) is 26.8 Å². The Kier molecular flexibility index (Phi) is 2.92. The molecule has 1 aliphatic heterocycles. The van der Waals surface area contributed by atoms with Gasteiger partial charge in [0.05, 0.1) is 12.0 Å². The highest BCUT2D eigenvalue weighted by atomic mass is 79.9. The molecule has 1 aromatic heterocycles. The first-order valence-corrected chi connectivity index (χ1v) is 6.66. The summed E-state index contributed by atoms with van der Waals surface area (Å²) < 4.78 is 0.961. The number of hydrogen-bond acceptors (Lipinski definition) is 3. The van der Waals surface area contributed by atoms with Crippen LogP contribution in [0.25, 0.3) is 0 Å². The minimum Gasteiger partial charge on any atom is -0.277 e. The van der Waals surface area contributed by atoms with Crippen molar-refractivity contribution in [2.75, 3.05) is 0 Å². The quantitative estimate of drug-likeness (QED) is 0.788. The van der Waals surface area contributed by atoms with Gasteiger partial charge in [-0.3, -0.25) is 14.5 Å². The lowest BCUT2D eigenvalue weighted by molar-refractivity contribution is -0.141. The van der Waals surface area contributed by atoms with Crippen LogP contribution in [0.3, 0.4) is 0 Å². The molecule has 5 heteroatoms. The zero-order valence-electron chi connectivity index (χ0n) is 9.12. The summed E-state index contributed by atoms with van der Waals surface area (Å²) in [5.41, 5.74) is -0.541. The van der Waals surface area contributed by atoms with E-state index in [-0.39, 0.29) is 11.8 Å². The molecule has 2 rings (SSSR count). The summed E-state index contributed by atoms with van der Waals surface area (Å²) in [6.07, 6.45) is 0.314. The van der Waals surface area contributed by atoms with Gasteiger partial charge in [0, 0.05) is 15.8 Å². The molecular formula is C11H12BrNO2S. The fourth-order valence-corrected chi connectivity index (χ4v) is 3.23. The Morgan fingerprint density at radius 1 is 1.50 bits per heavy atom. The van der Waals surface area contributed by atoms with E-state index in [1.807, 2.05) is 25.3 Å². The van der Waals surface area contributed by atoms with Crippen LogP contribution in [0.4, 0.5) is 0 Å². The monoisotopic (exact) mass is 301 g/mol. The molecule has 1 aliphatic rings. The molecule has 0 radical (unpaired) electrons. The van der Waals surface area contributed by atoms with E-state index in [4.69, 9.17) is 0 Å². The lowest BCUT2D eigenvalue weighted by Crippen LogP contribution is -2.32. The van der Waals surface area contributed by atoms with E-state index in [9.17, 15) is 9.59 Å². The first kappa shape index (κ1) is 11.8. The van der Waals surface area contributed by atoms with Crippen LogP contribution in [0.5, 0.6) is 0 Å². The molecule has 1 aromatic rings. The van der Waals surface area contributed by atoms with Crippen molar-refractivity contribution in [1.82, 2.24) is 4.90 Å². The normalized spacial score (nSPS) is 19.6. The van der Waals surface area contributed by atoms with Gasteiger partial charge in [0.2, 0.25) is 11.8 Å². The van der Waals surface area contributed by atoms with Gasteiger partial charge in [-0.1, -0.05) is 13.8 Å². The second-order valence-electron chi connectivity index (χ2n) is 4.54. The fraction of sp³-hybridized carbons (Fsp3) is 0.455. The van der Waals surface area contributed by atoms with Gasteiger partial charge in [-0.2, -0.15) is 0 Å². The molecule has 0 aliphatic carbocycles. The lowest BCUT2D eigenvalue weighted by atomic mass is 9.92. The highest BCUT2D eigenvalue weighted by molar-refractivity contribution is 9.10. The average Bonchev–Trinajstić information content (AvgIpc) is 2.65. The zero-order chi connectivity index (χ0) is 11.9. The number of imide groups is 1. The van der Waals surface area contributed by atoms with Crippen LogP contribution < -0.4 is 0 Å². The summed E-state index contributed by atoms with van der Waals surface area (Å²) in [7, 11) is 0. The maximum absolute atomic E-state index is 12.0. The molecule has 0 N–H and O–H groups in total. The molecule has 2 heterocycles. The molecule has 16 heavy (non-hydrogen) atoms. The van der Waals surface area contributed by atoms with Crippen LogP contribution in [0, 0.1) is 5.41 Å². The minimum absolute atomic E-state index is 0.0715. The Bertz CT molecular complexity index is 453. The van der Waals surface area contributed by atoms with Crippen LogP contribution >= 0.6 is 27.3 Å². The second-order valence-corrected chi connectivity index (χ2v) is 6.39. The number of likely N-dealkylation sites (tertiary alicyclic amines) is 1. The molecule has 2 amide bonds. The number of rotatable bonds is 2. The van der Waals surface area contributed by atoms with E-state index >= 15 is 0 Å². The van der Waals surface area contributed by atoms with Crippen LogP contribution in [0.1, 0.15) is 25.1 Å². The highest BCUT2D eigenvalue weighted by Gasteiger charge is 2.44. The summed E-state index contributed by atoms with van der Waals surface area (Å²) in [6.45, 7) is 4.02. The average molecular weight is 302 g/mol. The van der Waals surface area contributed by atoms with Gasteiger partial charge in [0.15, 0.2) is 0 Å². The Hall–Kier alpha value is -0.680. The maximum atomic E-state index is 12.0. The molecule has 1 saturated heterocycles. The van der Waals surface area contributed by atoms with Gasteiger partial charge in [-0.05, 0) is 27.4 Å². The smallest absolute Gasteiger partial charge is 0.235 e. The summed E-state index contributed by atoms with van der Waals surface area (Å²) >= 11 is 4.95. The SMILES string of the molecule is CC1(C)CC(=O)N(Cc2sccc2Br)C1=O. The predicted molar refractivity (Wildman–Crippen MR) is 66.0 cm³/mol. The molecule has 0 unspecified atom stereocenters. The van der Waals surface area contributed by atoms with E-state index < -0.39 is 5.41 Å². The Labute approximate surface area is 107 Å². The highest BCUT2D eigenvalue weighted by Crippen LogP contribution is 2.34. The third-order valence-electron chi connectivity index (χ3n) is 2.71. The van der Waals surface area contributed by atoms with E-state index in [1.165, 1.54) is 4.90 Å². The van der Waals surface area contributed by atoms with Crippen molar-refractivity contribution >= 4 is 39.1 Å². The summed E-state index contributed by atoms with van der Waals surface area (Å²) in [5, 5.41) is 1.94. The lowest BCUT2D eigenvalue weighted by Gasteiger charge is -2.17. The van der Waals surface area contributed by atoms with Gasteiger partial charge < -0.3 is 0 Å². The summed E-state index contributed by atoms with van der Waals surface area (Å²) in [5.74, 6) is -0.145. The maximum Gasteiger partial charge on any atom is 0.235 e. The molecule has 3 nitrogen and oxygen atoms in total. The first-order chi connectivity index (χ1) is 7.42. The van der Waals surface area contributed by atoms with Crippen molar-refractivity contribution in [3.63, 3.8) is 0 Å². The molecule has 1 fully saturated rings. The second kappa shape index (κ2) is 3.96. The van der Waals surface area contributed by atoms with Gasteiger partial charge in [0.1, 0.15) is 0 Å². The number of hydrogen-bond donors (Lipinski definition) is 0. The Morgan fingerprint density at radius 3 is 2.62 bits per heavy atom. The number of carbonyl (C=O) groups excluding carboxylic acids is 2. The number of halogens is 1. The van der Waals surface area contributed by atoms with Gasteiger partial charge in [-0.15, -0.1) is 11.3 Å². The molecule has 0 bridgehead atoms. The summed E-state index contributed by atoms with van der Waals surface area (Å²) in [6, 6.07) is 1.93. The van der Waals surface area contributed by atoms with Crippen molar-refractivity contribution in [3.05, 3.63) is 20.8 Å². The Morgan fingerprint density at radius 2 is 2.19 bits per heavy atom. The zero-order valence-corrected chi connectivity index (χ0v) is 11.5. The van der Waals surface area contributed by atoms with E-state index in [0.717, 1.165) is 9.35 Å². The largest absolute Gasteiger partial charge is 0.277 e. The number of nitrogens with zero attached hydrogens (tertiary/aromatic N) is 1. The van der Waals surface area contributed by atoms with Gasteiger partial charge in [0.25, 0.3) is 0 Å². The van der Waals surface area contributed by atoms with Crippen LogP contribution in [0.2, 0.25) is 0 Å². The van der Waals surface area contributed by atoms with Crippen molar-refractivity contribution in [1.29, 1.82) is 0 Å². The van der Waals surface area contributed by atoms with Crippen LogP contribution in [-0.4, -0.2) is 16.7 Å². The third-order valence-corrected chi connectivity index (χ3v) is 4.62. The van der Waals surface area contributed by atoms with E-state index in [2.05, 4.69) is 15.9 Å². The summed E-state index contributed by atoms with van der Waals surface area (Å²) in [4.78, 5) is 26.1. The predicted octanol–water partition coefficient (Wildman–Crippen LogP) is 2.80. The van der Waals surface area contributed by atoms with Crippen molar-refractivity contribution in [3.8, 4) is 0 Å². The molecule has 0 spiro atoms. The minimum atomic E-state index is -0.541. The number of carbonyl (C=O) groups is 2. The molecular weight excluding hydrogens is 290 g/mol. The molecule has 0 saturated carbocycles. The first-order valence-electron chi connectivity index (χ1n) is 4.98. The van der Waals surface area contributed by atoms with Gasteiger partial charge in [-0.25, -0.2) is 0 Å². The van der Waals surface area contributed by atoms with Crippen molar-refractivity contribution < 1.29 is 9.59 Å². The van der Waals surface area contributed by atoms with E-state index in [1.54, 1.807) is 11.3 Å². The molecule has 0 atom stereocenters. The van der Waals surface area contributed by atoms with Crippen LogP contribution in [-0.2, 0) is 16.1 Å². The van der Waals surface area contributed by atoms with E-state index in [0.29, 0.717) is 13.0 Å². The topological polar surface area (TPSA) is 37.4 Å². The third kappa shape index (κ3) is 1.94. The number of amides is 2. The number of thiophene rings is 1. The molecule has 86 valence electrons.